The Morgan fingerprint density at radius 2 is 1.70 bits per heavy atom. The lowest BCUT2D eigenvalue weighted by atomic mass is 10.2. The fourth-order valence-corrected chi connectivity index (χ4v) is 4.55. The van der Waals surface area contributed by atoms with Gasteiger partial charge in [0.2, 0.25) is 17.7 Å². The van der Waals surface area contributed by atoms with Crippen molar-refractivity contribution in [1.82, 2.24) is 4.98 Å². The van der Waals surface area contributed by atoms with Gasteiger partial charge in [-0.05, 0) is 55.5 Å². The molecule has 1 aromatic heterocycles. The van der Waals surface area contributed by atoms with Crippen molar-refractivity contribution in [3.05, 3.63) is 78.4 Å². The number of thioether (sulfide) groups is 1. The molecule has 3 aromatic carbocycles. The van der Waals surface area contributed by atoms with Crippen molar-refractivity contribution in [3.63, 3.8) is 0 Å². The molecule has 0 aliphatic carbocycles. The Morgan fingerprint density at radius 3 is 2.43 bits per heavy atom. The van der Waals surface area contributed by atoms with Gasteiger partial charge in [-0.25, -0.2) is 9.88 Å². The standard InChI is InChI=1S/C24H18N2O3S/c1-15-6-12-18(13-7-15)30-21-14-22(27)26(24(21)28)17-10-8-16(9-11-17)23-25-19-4-2-3-5-20(19)29-23/h2-13,21H,14H2,1H3/t21-/m1/s1. The number of carbonyl (C=O) groups is 2. The van der Waals surface area contributed by atoms with Crippen molar-refractivity contribution in [3.8, 4) is 11.5 Å². The smallest absolute Gasteiger partial charge is 0.247 e. The summed E-state index contributed by atoms with van der Waals surface area (Å²) in [5.41, 5.74) is 4.03. The van der Waals surface area contributed by atoms with Gasteiger partial charge in [0.15, 0.2) is 5.58 Å². The molecule has 0 spiro atoms. The first-order chi connectivity index (χ1) is 14.6. The molecular formula is C24H18N2O3S. The minimum atomic E-state index is -0.406. The summed E-state index contributed by atoms with van der Waals surface area (Å²) in [6.07, 6.45) is 0.199. The molecule has 1 atom stereocenters. The van der Waals surface area contributed by atoms with Crippen LogP contribution < -0.4 is 4.90 Å². The first kappa shape index (κ1) is 18.6. The molecule has 6 heteroatoms. The number of hydrogen-bond acceptors (Lipinski definition) is 5. The van der Waals surface area contributed by atoms with Gasteiger partial charge < -0.3 is 4.42 Å². The zero-order valence-corrected chi connectivity index (χ0v) is 17.1. The van der Waals surface area contributed by atoms with Crippen LogP contribution in [0, 0.1) is 6.92 Å². The number of hydrogen-bond donors (Lipinski definition) is 0. The van der Waals surface area contributed by atoms with E-state index in [1.165, 1.54) is 16.7 Å². The average molecular weight is 414 g/mol. The lowest BCUT2D eigenvalue weighted by Gasteiger charge is -2.15. The van der Waals surface area contributed by atoms with Crippen molar-refractivity contribution in [1.29, 1.82) is 0 Å². The van der Waals surface area contributed by atoms with Crippen LogP contribution in [0.4, 0.5) is 5.69 Å². The van der Waals surface area contributed by atoms with Gasteiger partial charge in [-0.15, -0.1) is 11.8 Å². The van der Waals surface area contributed by atoms with Crippen LogP contribution in [0.1, 0.15) is 12.0 Å². The molecule has 0 unspecified atom stereocenters. The lowest BCUT2D eigenvalue weighted by molar-refractivity contribution is -0.121. The van der Waals surface area contributed by atoms with E-state index in [9.17, 15) is 9.59 Å². The van der Waals surface area contributed by atoms with Crippen molar-refractivity contribution in [2.75, 3.05) is 4.90 Å². The molecule has 1 fully saturated rings. The first-order valence-electron chi connectivity index (χ1n) is 9.64. The van der Waals surface area contributed by atoms with Crippen LogP contribution in [0.2, 0.25) is 0 Å². The number of carbonyl (C=O) groups excluding carboxylic acids is 2. The summed E-state index contributed by atoms with van der Waals surface area (Å²) >= 11 is 1.44. The van der Waals surface area contributed by atoms with Crippen molar-refractivity contribution >= 4 is 40.4 Å². The number of benzene rings is 3. The van der Waals surface area contributed by atoms with E-state index in [4.69, 9.17) is 4.42 Å². The van der Waals surface area contributed by atoms with Gasteiger partial charge in [0.25, 0.3) is 0 Å². The Labute approximate surface area is 177 Å². The summed E-state index contributed by atoms with van der Waals surface area (Å²) in [5.74, 6) is 0.147. The molecule has 1 aliphatic rings. The summed E-state index contributed by atoms with van der Waals surface area (Å²) in [6, 6.07) is 22.7. The van der Waals surface area contributed by atoms with Gasteiger partial charge >= 0.3 is 0 Å². The molecule has 30 heavy (non-hydrogen) atoms. The van der Waals surface area contributed by atoms with Gasteiger partial charge in [0.1, 0.15) is 5.52 Å². The van der Waals surface area contributed by atoms with E-state index in [1.54, 1.807) is 12.1 Å². The number of nitrogens with zero attached hydrogens (tertiary/aromatic N) is 2. The number of imide groups is 1. The van der Waals surface area contributed by atoms with Crippen LogP contribution in [0.15, 0.2) is 82.1 Å². The fourth-order valence-electron chi connectivity index (χ4n) is 3.50. The Bertz CT molecular complexity index is 1210. The number of aromatic nitrogens is 1. The quantitative estimate of drug-likeness (QED) is 0.428. The predicted octanol–water partition coefficient (Wildman–Crippen LogP) is 5.23. The Hall–Kier alpha value is -3.38. The third kappa shape index (κ3) is 3.39. The predicted molar refractivity (Wildman–Crippen MR) is 117 cm³/mol. The molecule has 4 aromatic rings. The molecule has 2 heterocycles. The highest BCUT2D eigenvalue weighted by Gasteiger charge is 2.40. The first-order valence-corrected chi connectivity index (χ1v) is 10.5. The third-order valence-corrected chi connectivity index (χ3v) is 6.27. The van der Waals surface area contributed by atoms with Crippen LogP contribution in [-0.2, 0) is 9.59 Å². The SMILES string of the molecule is Cc1ccc(S[C@@H]2CC(=O)N(c3ccc(-c4nc5ccccc5o4)cc3)C2=O)cc1. The van der Waals surface area contributed by atoms with Crippen molar-refractivity contribution in [2.24, 2.45) is 0 Å². The molecule has 0 radical (unpaired) electrons. The van der Waals surface area contributed by atoms with Crippen LogP contribution in [0.25, 0.3) is 22.6 Å². The Morgan fingerprint density at radius 1 is 0.967 bits per heavy atom. The Balaban J connectivity index is 1.36. The second kappa shape index (κ2) is 7.46. The number of rotatable bonds is 4. The maximum atomic E-state index is 12.9. The Kier molecular flexibility index (Phi) is 4.64. The number of aryl methyl sites for hydroxylation is 1. The number of amides is 2. The summed E-state index contributed by atoms with van der Waals surface area (Å²) in [5, 5.41) is -0.406. The minimum Gasteiger partial charge on any atom is -0.436 e. The topological polar surface area (TPSA) is 63.4 Å². The van der Waals surface area contributed by atoms with E-state index in [2.05, 4.69) is 4.98 Å². The van der Waals surface area contributed by atoms with E-state index in [0.29, 0.717) is 11.6 Å². The van der Waals surface area contributed by atoms with Crippen molar-refractivity contribution in [2.45, 2.75) is 23.5 Å². The van der Waals surface area contributed by atoms with Crippen LogP contribution in [-0.4, -0.2) is 22.0 Å². The van der Waals surface area contributed by atoms with Gasteiger partial charge in [-0.2, -0.15) is 0 Å². The van der Waals surface area contributed by atoms with E-state index in [1.807, 2.05) is 67.6 Å². The molecule has 2 amide bonds. The maximum absolute atomic E-state index is 12.9. The van der Waals surface area contributed by atoms with E-state index in [-0.39, 0.29) is 18.2 Å². The largest absolute Gasteiger partial charge is 0.436 e. The molecular weight excluding hydrogens is 396 g/mol. The maximum Gasteiger partial charge on any atom is 0.247 e. The number of para-hydroxylation sites is 2. The van der Waals surface area contributed by atoms with E-state index < -0.39 is 5.25 Å². The van der Waals surface area contributed by atoms with Crippen LogP contribution in [0.5, 0.6) is 0 Å². The summed E-state index contributed by atoms with van der Waals surface area (Å²) in [6.45, 7) is 2.02. The molecule has 1 saturated heterocycles. The summed E-state index contributed by atoms with van der Waals surface area (Å²) in [7, 11) is 0. The zero-order valence-electron chi connectivity index (χ0n) is 16.2. The molecule has 0 N–H and O–H groups in total. The van der Waals surface area contributed by atoms with Gasteiger partial charge in [0.05, 0.1) is 10.9 Å². The number of oxazole rings is 1. The second-order valence-electron chi connectivity index (χ2n) is 7.22. The minimum absolute atomic E-state index is 0.180. The molecule has 5 rings (SSSR count). The summed E-state index contributed by atoms with van der Waals surface area (Å²) < 4.78 is 5.79. The lowest BCUT2D eigenvalue weighted by Crippen LogP contribution is -2.31. The normalized spacial score (nSPS) is 16.6. The van der Waals surface area contributed by atoms with Gasteiger partial charge in [-0.1, -0.05) is 29.8 Å². The second-order valence-corrected chi connectivity index (χ2v) is 8.50. The highest BCUT2D eigenvalue weighted by Crippen LogP contribution is 2.35. The van der Waals surface area contributed by atoms with Gasteiger partial charge in [0, 0.05) is 16.9 Å². The van der Waals surface area contributed by atoms with Crippen LogP contribution >= 0.6 is 11.8 Å². The molecule has 1 aliphatic heterocycles. The monoisotopic (exact) mass is 414 g/mol. The summed E-state index contributed by atoms with van der Waals surface area (Å²) in [4.78, 5) is 32.2. The molecule has 148 valence electrons. The molecule has 0 bridgehead atoms. The average Bonchev–Trinajstić information content (AvgIpc) is 3.31. The molecule has 5 nitrogen and oxygen atoms in total. The van der Waals surface area contributed by atoms with E-state index >= 15 is 0 Å². The molecule has 0 saturated carbocycles. The van der Waals surface area contributed by atoms with Crippen LogP contribution in [0.3, 0.4) is 0 Å². The highest BCUT2D eigenvalue weighted by molar-refractivity contribution is 8.00. The third-order valence-electron chi connectivity index (χ3n) is 5.07. The van der Waals surface area contributed by atoms with Gasteiger partial charge in [-0.3, -0.25) is 9.59 Å². The number of fused-ring (bicyclic) bond motifs is 1. The van der Waals surface area contributed by atoms with E-state index in [0.717, 1.165) is 27.1 Å². The highest BCUT2D eigenvalue weighted by atomic mass is 32.2. The fraction of sp³-hybridized carbons (Fsp3) is 0.125. The van der Waals surface area contributed by atoms with Crippen molar-refractivity contribution < 1.29 is 14.0 Å². The number of anilines is 1. The zero-order chi connectivity index (χ0) is 20.7.